The van der Waals surface area contributed by atoms with Gasteiger partial charge in [0.05, 0.1) is 5.69 Å². The molecule has 1 aliphatic heterocycles. The zero-order chi connectivity index (χ0) is 19.0. The first-order valence-electron chi connectivity index (χ1n) is 9.43. The van der Waals surface area contributed by atoms with Crippen LogP contribution < -0.4 is 15.8 Å². The summed E-state index contributed by atoms with van der Waals surface area (Å²) in [7, 11) is 0. The highest BCUT2D eigenvalue weighted by Gasteiger charge is 2.55. The third-order valence-electron chi connectivity index (χ3n) is 6.02. The van der Waals surface area contributed by atoms with Gasteiger partial charge in [0.15, 0.2) is 0 Å². The number of nitrogens with one attached hydrogen (secondary N) is 1. The van der Waals surface area contributed by atoms with Gasteiger partial charge in [0, 0.05) is 54.1 Å². The monoisotopic (exact) mass is 371 g/mol. The molecule has 27 heavy (non-hydrogen) atoms. The Kier molecular flexibility index (Phi) is 3.47. The van der Waals surface area contributed by atoms with Crippen LogP contribution in [0.25, 0.3) is 11.3 Å². The Hall–Kier alpha value is -2.05. The van der Waals surface area contributed by atoms with Crippen molar-refractivity contribution in [2.24, 2.45) is 17.6 Å². The number of piperidine rings is 1. The topological polar surface area (TPSA) is 60.2 Å². The predicted octanol–water partition coefficient (Wildman–Crippen LogP) is 3.19. The minimum atomic E-state index is -2.70. The second-order valence-corrected chi connectivity index (χ2v) is 8.62. The van der Waals surface area contributed by atoms with Gasteiger partial charge in [-0.3, -0.25) is 0 Å². The van der Waals surface area contributed by atoms with E-state index in [9.17, 15) is 8.78 Å². The lowest BCUT2D eigenvalue weighted by Gasteiger charge is -2.30. The number of benzene rings is 1. The van der Waals surface area contributed by atoms with Crippen molar-refractivity contribution in [2.75, 3.05) is 13.1 Å². The van der Waals surface area contributed by atoms with Crippen molar-refractivity contribution < 1.29 is 13.5 Å². The van der Waals surface area contributed by atoms with Crippen LogP contribution in [-0.2, 0) is 17.9 Å². The van der Waals surface area contributed by atoms with Gasteiger partial charge in [-0.2, -0.15) is 0 Å². The summed E-state index contributed by atoms with van der Waals surface area (Å²) in [5, 5.41) is 3.35. The van der Waals surface area contributed by atoms with Crippen LogP contribution in [0.1, 0.15) is 30.5 Å². The molecular weight excluding hydrogens is 348 g/mol. The summed E-state index contributed by atoms with van der Waals surface area (Å²) < 4.78 is 33.3. The zero-order valence-electron chi connectivity index (χ0n) is 15.4. The Morgan fingerprint density at radius 3 is 2.56 bits per heavy atom. The van der Waals surface area contributed by atoms with Gasteiger partial charge in [-0.15, -0.1) is 0 Å². The van der Waals surface area contributed by atoms with E-state index in [1.807, 2.05) is 32.0 Å². The van der Waals surface area contributed by atoms with Gasteiger partial charge in [0.2, 0.25) is 5.88 Å². The Labute approximate surface area is 157 Å². The lowest BCUT2D eigenvalue weighted by Crippen LogP contribution is -2.29. The largest absolute Gasteiger partial charge is 0.474 e. The molecule has 3 N–H and O–H groups in total. The highest BCUT2D eigenvalue weighted by molar-refractivity contribution is 5.65. The number of pyridine rings is 1. The van der Waals surface area contributed by atoms with Crippen LogP contribution in [-0.4, -0.2) is 24.2 Å². The SMILES string of the molecule is CC(C)(N)c1cc(OC2C3CNCC32)nc(-c2ccc3c(c2)CC3(F)F)c1. The van der Waals surface area contributed by atoms with Crippen molar-refractivity contribution in [3.63, 3.8) is 0 Å². The second-order valence-electron chi connectivity index (χ2n) is 8.62. The van der Waals surface area contributed by atoms with E-state index >= 15 is 0 Å². The van der Waals surface area contributed by atoms with E-state index in [0.717, 1.165) is 24.2 Å². The van der Waals surface area contributed by atoms with Crippen molar-refractivity contribution in [3.8, 4) is 17.1 Å². The lowest BCUT2D eigenvalue weighted by atomic mass is 9.83. The van der Waals surface area contributed by atoms with Crippen molar-refractivity contribution >= 4 is 0 Å². The van der Waals surface area contributed by atoms with Gasteiger partial charge in [-0.25, -0.2) is 13.8 Å². The van der Waals surface area contributed by atoms with E-state index in [1.54, 1.807) is 6.07 Å². The minimum absolute atomic E-state index is 0.122. The van der Waals surface area contributed by atoms with Crippen molar-refractivity contribution in [1.82, 2.24) is 10.3 Å². The van der Waals surface area contributed by atoms with Gasteiger partial charge in [-0.05, 0) is 37.1 Å². The fourth-order valence-electron chi connectivity index (χ4n) is 4.25. The number of rotatable bonds is 4. The Bertz CT molecular complexity index is 912. The Morgan fingerprint density at radius 1 is 1.19 bits per heavy atom. The second kappa shape index (κ2) is 5.49. The number of hydrogen-bond acceptors (Lipinski definition) is 4. The van der Waals surface area contributed by atoms with Crippen molar-refractivity contribution in [1.29, 1.82) is 0 Å². The van der Waals surface area contributed by atoms with E-state index in [4.69, 9.17) is 10.5 Å². The summed E-state index contributed by atoms with van der Waals surface area (Å²) in [6.07, 6.45) is -0.00158. The predicted molar refractivity (Wildman–Crippen MR) is 98.8 cm³/mol. The molecular formula is C21H23F2N3O. The molecule has 142 valence electrons. The number of aromatic nitrogens is 1. The summed E-state index contributed by atoms with van der Waals surface area (Å²) in [5.41, 5.74) is 9.02. The molecule has 0 spiro atoms. The molecule has 1 saturated carbocycles. The van der Waals surface area contributed by atoms with Gasteiger partial charge >= 0.3 is 0 Å². The molecule has 0 amide bonds. The van der Waals surface area contributed by atoms with Crippen LogP contribution >= 0.6 is 0 Å². The molecule has 5 rings (SSSR count). The number of ether oxygens (including phenoxy) is 1. The Balaban J connectivity index is 1.50. The van der Waals surface area contributed by atoms with E-state index in [0.29, 0.717) is 29.0 Å². The maximum atomic E-state index is 13.6. The molecule has 2 aromatic rings. The number of nitrogens with two attached hydrogens (primary N) is 1. The molecule has 3 aliphatic rings. The van der Waals surface area contributed by atoms with Gasteiger partial charge in [0.25, 0.3) is 5.92 Å². The summed E-state index contributed by atoms with van der Waals surface area (Å²) in [6, 6.07) is 8.86. The molecule has 1 saturated heterocycles. The van der Waals surface area contributed by atoms with E-state index in [2.05, 4.69) is 10.3 Å². The third-order valence-corrected chi connectivity index (χ3v) is 6.02. The first-order valence-corrected chi connectivity index (χ1v) is 9.43. The Morgan fingerprint density at radius 2 is 1.93 bits per heavy atom. The van der Waals surface area contributed by atoms with Crippen LogP contribution in [0.3, 0.4) is 0 Å². The van der Waals surface area contributed by atoms with Crippen LogP contribution in [0.2, 0.25) is 0 Å². The van der Waals surface area contributed by atoms with Crippen molar-refractivity contribution in [3.05, 3.63) is 47.0 Å². The number of hydrogen-bond donors (Lipinski definition) is 2. The quantitative estimate of drug-likeness (QED) is 0.867. The molecule has 0 bridgehead atoms. The molecule has 4 nitrogen and oxygen atoms in total. The number of alkyl halides is 2. The van der Waals surface area contributed by atoms with Crippen LogP contribution in [0.15, 0.2) is 30.3 Å². The molecule has 2 aliphatic carbocycles. The van der Waals surface area contributed by atoms with Gasteiger partial charge in [-0.1, -0.05) is 12.1 Å². The van der Waals surface area contributed by atoms with E-state index in [1.165, 1.54) is 6.07 Å². The molecule has 1 aromatic heterocycles. The van der Waals surface area contributed by atoms with Crippen LogP contribution in [0.5, 0.6) is 5.88 Å². The molecule has 2 fully saturated rings. The number of halogens is 2. The fourth-order valence-corrected chi connectivity index (χ4v) is 4.25. The van der Waals surface area contributed by atoms with Crippen molar-refractivity contribution in [2.45, 2.75) is 37.8 Å². The molecule has 2 unspecified atom stereocenters. The average Bonchev–Trinajstić information content (AvgIpc) is 3.01. The lowest BCUT2D eigenvalue weighted by molar-refractivity contribution is -0.0287. The zero-order valence-corrected chi connectivity index (χ0v) is 15.4. The highest BCUT2D eigenvalue weighted by atomic mass is 19.3. The first kappa shape index (κ1) is 17.1. The maximum Gasteiger partial charge on any atom is 0.277 e. The smallest absolute Gasteiger partial charge is 0.277 e. The molecule has 0 radical (unpaired) electrons. The van der Waals surface area contributed by atoms with Gasteiger partial charge < -0.3 is 15.8 Å². The van der Waals surface area contributed by atoms with Crippen LogP contribution in [0, 0.1) is 11.8 Å². The van der Waals surface area contributed by atoms with E-state index < -0.39 is 11.5 Å². The summed E-state index contributed by atoms with van der Waals surface area (Å²) in [6.45, 7) is 5.85. The average molecular weight is 371 g/mol. The fraction of sp³-hybridized carbons (Fsp3) is 0.476. The molecule has 6 heteroatoms. The van der Waals surface area contributed by atoms with E-state index in [-0.39, 0.29) is 18.1 Å². The number of nitrogens with zero attached hydrogens (tertiary/aromatic N) is 1. The standard InChI is InChI=1S/C21H23F2N3O/c1-20(2,24)13-6-17(11-3-4-16-12(5-11)8-21(16,22)23)26-18(7-13)27-19-14-9-25-10-15(14)19/h3-7,14-15,19,25H,8-10,24H2,1-2H3. The van der Waals surface area contributed by atoms with Crippen LogP contribution in [0.4, 0.5) is 8.78 Å². The molecule has 2 heterocycles. The maximum absolute atomic E-state index is 13.6. The summed E-state index contributed by atoms with van der Waals surface area (Å²) in [5.74, 6) is -1.02. The third kappa shape index (κ3) is 2.82. The molecule has 2 atom stereocenters. The molecule has 1 aromatic carbocycles. The summed E-state index contributed by atoms with van der Waals surface area (Å²) in [4.78, 5) is 4.67. The summed E-state index contributed by atoms with van der Waals surface area (Å²) >= 11 is 0. The first-order chi connectivity index (χ1) is 12.7. The number of fused-ring (bicyclic) bond motifs is 2. The highest BCUT2D eigenvalue weighted by Crippen LogP contribution is 2.46. The van der Waals surface area contributed by atoms with Gasteiger partial charge in [0.1, 0.15) is 6.10 Å². The minimum Gasteiger partial charge on any atom is -0.474 e. The normalized spacial score (nSPS) is 27.5.